The van der Waals surface area contributed by atoms with Gasteiger partial charge >= 0.3 is 75.5 Å². The maximum absolute atomic E-state index is 10.3. The summed E-state index contributed by atoms with van der Waals surface area (Å²) in [6, 6.07) is 0. The maximum Gasteiger partial charge on any atom is -0.412 e. The molecule has 4 heteroatoms. The second kappa shape index (κ2) is 33.6. The number of aliphatic carboxylic acids is 1. The van der Waals surface area contributed by atoms with Gasteiger partial charge in [0.25, 0.3) is 0 Å². The van der Waals surface area contributed by atoms with Gasteiger partial charge in [-0.2, -0.15) is 0 Å². The molecule has 3 N–H and O–H groups in total. The van der Waals surface area contributed by atoms with Crippen molar-refractivity contribution in [3.63, 3.8) is 0 Å². The van der Waals surface area contributed by atoms with E-state index >= 15 is 0 Å². The van der Waals surface area contributed by atoms with Crippen LogP contribution in [0.1, 0.15) is 136 Å². The molecule has 0 fully saturated rings. The summed E-state index contributed by atoms with van der Waals surface area (Å²) in [5.41, 5.74) is 0. The number of carboxylic acid groups (broad SMARTS) is 1. The Labute approximate surface area is 199 Å². The van der Waals surface area contributed by atoms with E-state index in [2.05, 4.69) is 32.9 Å². The van der Waals surface area contributed by atoms with Crippen molar-refractivity contribution in [3.05, 3.63) is 12.2 Å². The third kappa shape index (κ3) is 38.6. The summed E-state index contributed by atoms with van der Waals surface area (Å²) in [6.07, 6.45) is 27.1. The van der Waals surface area contributed by atoms with Gasteiger partial charge < -0.3 is 10.6 Å². The molecule has 0 rings (SSSR count). The minimum absolute atomic E-state index is 0. The van der Waals surface area contributed by atoms with Gasteiger partial charge in [-0.1, -0.05) is 70.4 Å². The van der Waals surface area contributed by atoms with E-state index < -0.39 is 5.97 Å². The third-order valence-electron chi connectivity index (χ3n) is 5.07. The fourth-order valence-corrected chi connectivity index (χ4v) is 7.23. The van der Waals surface area contributed by atoms with Gasteiger partial charge in [-0.3, -0.25) is 4.79 Å². The van der Waals surface area contributed by atoms with Crippen LogP contribution < -0.4 is 0 Å². The molecule has 0 atom stereocenters. The molecule has 0 heterocycles. The van der Waals surface area contributed by atoms with E-state index in [1.165, 1.54) is 96.3 Å². The van der Waals surface area contributed by atoms with E-state index in [-0.39, 0.29) is 26.6 Å². The van der Waals surface area contributed by atoms with E-state index in [4.69, 9.17) is 5.11 Å². The van der Waals surface area contributed by atoms with Crippen LogP contribution in [0.5, 0.6) is 0 Å². The zero-order chi connectivity index (χ0) is 21.8. The first-order valence-electron chi connectivity index (χ1n) is 12.8. The van der Waals surface area contributed by atoms with Gasteiger partial charge in [-0.25, -0.2) is 0 Å². The van der Waals surface area contributed by atoms with Crippen LogP contribution in [0.2, 0.25) is 8.87 Å². The first-order valence-corrected chi connectivity index (χ1v) is 16.8. The number of hydrogen-bond donors (Lipinski definition) is 1. The molecule has 2 radical (unpaired) electrons. The number of carboxylic acids is 1. The molecule has 0 aromatic carbocycles. The molecule has 30 heavy (non-hydrogen) atoms. The van der Waals surface area contributed by atoms with Crippen molar-refractivity contribution in [1.82, 2.24) is 0 Å². The number of rotatable bonds is 21. The summed E-state index contributed by atoms with van der Waals surface area (Å²) in [5.74, 6) is -0.664. The normalized spacial score (nSPS) is 10.5. The number of hydrogen-bond acceptors (Lipinski definition) is 1. The first-order chi connectivity index (χ1) is 14.2. The van der Waals surface area contributed by atoms with Gasteiger partial charge in [-0.05, 0) is 32.1 Å². The van der Waals surface area contributed by atoms with Gasteiger partial charge in [0.2, 0.25) is 0 Å². The van der Waals surface area contributed by atoms with Crippen molar-refractivity contribution in [3.8, 4) is 0 Å². The molecule has 0 aliphatic heterocycles. The molecule has 0 spiro atoms. The second-order valence-electron chi connectivity index (χ2n) is 8.19. The fourth-order valence-electron chi connectivity index (χ4n) is 3.08. The Hall–Kier alpha value is -0.0313. The largest absolute Gasteiger partial charge is 0.412 e. The second-order valence-corrected chi connectivity index (χ2v) is 12.5. The Morgan fingerprint density at radius 2 is 1.03 bits per heavy atom. The summed E-state index contributed by atoms with van der Waals surface area (Å²) < 4.78 is 3.25. The monoisotopic (exact) mass is 534 g/mol. The minimum Gasteiger partial charge on any atom is -0.412 e. The molecule has 0 saturated carbocycles. The molecule has 0 aliphatic carbocycles. The Balaban J connectivity index is -0.000000616. The van der Waals surface area contributed by atoms with E-state index in [1.807, 2.05) is 0 Å². The van der Waals surface area contributed by atoms with E-state index in [0.717, 1.165) is 12.8 Å². The van der Waals surface area contributed by atoms with Crippen LogP contribution in [0.4, 0.5) is 0 Å². The van der Waals surface area contributed by atoms with Gasteiger partial charge in [0.1, 0.15) is 0 Å². The SMILES string of the molecule is CCCCCCCC/C=C\CCCCCCCC(=O)O.CCC[CH2][Sn][CH2]CCC.O. The van der Waals surface area contributed by atoms with Crippen molar-refractivity contribution < 1.29 is 15.4 Å². The van der Waals surface area contributed by atoms with Crippen LogP contribution in [0.3, 0.4) is 0 Å². The van der Waals surface area contributed by atoms with Gasteiger partial charge in [-0.15, -0.1) is 0 Å². The Morgan fingerprint density at radius 3 is 1.47 bits per heavy atom. The number of carbonyl (C=O) groups is 1. The smallest absolute Gasteiger partial charge is 0.412 e. The van der Waals surface area contributed by atoms with Gasteiger partial charge in [0.05, 0.1) is 0 Å². The Morgan fingerprint density at radius 1 is 0.633 bits per heavy atom. The zero-order valence-electron chi connectivity index (χ0n) is 20.7. The van der Waals surface area contributed by atoms with E-state index in [0.29, 0.717) is 6.42 Å². The van der Waals surface area contributed by atoms with Crippen molar-refractivity contribution in [1.29, 1.82) is 0 Å². The van der Waals surface area contributed by atoms with Crippen LogP contribution in [0.25, 0.3) is 0 Å². The van der Waals surface area contributed by atoms with E-state index in [9.17, 15) is 4.79 Å². The predicted molar refractivity (Wildman–Crippen MR) is 136 cm³/mol. The molecule has 0 aromatic rings. The summed E-state index contributed by atoms with van der Waals surface area (Å²) in [5, 5.41) is 8.51. The van der Waals surface area contributed by atoms with Gasteiger partial charge in [0, 0.05) is 6.42 Å². The molecular weight excluding hydrogens is 479 g/mol. The molecule has 0 aromatic heterocycles. The third-order valence-corrected chi connectivity index (χ3v) is 9.10. The van der Waals surface area contributed by atoms with Gasteiger partial charge in [0.15, 0.2) is 0 Å². The molecule has 0 bridgehead atoms. The van der Waals surface area contributed by atoms with Crippen LogP contribution in [0, 0.1) is 0 Å². The Kier molecular flexibility index (Phi) is 38.7. The fraction of sp³-hybridized carbons (Fsp3) is 0.885. The summed E-state index contributed by atoms with van der Waals surface area (Å²) in [7, 11) is 0. The van der Waals surface area contributed by atoms with Crippen LogP contribution >= 0.6 is 0 Å². The maximum atomic E-state index is 10.3. The average molecular weight is 533 g/mol. The molecule has 0 amide bonds. The van der Waals surface area contributed by atoms with Crippen molar-refractivity contribution >= 4 is 27.1 Å². The number of unbranched alkanes of at least 4 members (excludes halogenated alkanes) is 13. The van der Waals surface area contributed by atoms with Crippen molar-refractivity contribution in [2.24, 2.45) is 0 Å². The standard InChI is InChI=1S/C18H34O2.2C4H9.H2O.Sn/c1-2-3-4-5-6-7-8-9-10-11-12-13-14-15-16-17-18(19)20;2*1-3-4-2;;/h9-10H,2-8,11-17H2,1H3,(H,19,20);2*1,3-4H2,2H3;1H2;/b10-9-;;;;. The van der Waals surface area contributed by atoms with E-state index in [1.54, 1.807) is 8.87 Å². The summed E-state index contributed by atoms with van der Waals surface area (Å²) in [4.78, 5) is 10.3. The van der Waals surface area contributed by atoms with Crippen LogP contribution in [0.15, 0.2) is 12.2 Å². The summed E-state index contributed by atoms with van der Waals surface area (Å²) >= 11 is 0.149. The van der Waals surface area contributed by atoms with Crippen LogP contribution in [-0.2, 0) is 4.79 Å². The first kappa shape index (κ1) is 34.6. The van der Waals surface area contributed by atoms with Crippen molar-refractivity contribution in [2.75, 3.05) is 0 Å². The topological polar surface area (TPSA) is 68.8 Å². The summed E-state index contributed by atoms with van der Waals surface area (Å²) in [6.45, 7) is 6.84. The molecule has 180 valence electrons. The van der Waals surface area contributed by atoms with Crippen molar-refractivity contribution in [2.45, 2.75) is 145 Å². The predicted octanol–water partition coefficient (Wildman–Crippen LogP) is 8.41. The zero-order valence-corrected chi connectivity index (χ0v) is 23.5. The minimum atomic E-state index is -0.664. The number of allylic oxidation sites excluding steroid dienone is 2. The molecule has 3 nitrogen and oxygen atoms in total. The van der Waals surface area contributed by atoms with Crippen LogP contribution in [-0.4, -0.2) is 37.7 Å². The molecular formula is C26H54O3Sn. The Bertz CT molecular complexity index is 326. The molecule has 0 unspecified atom stereocenters. The molecule has 0 aliphatic rings. The average Bonchev–Trinajstić information content (AvgIpc) is 2.71. The molecule has 0 saturated heterocycles. The quantitative estimate of drug-likeness (QED) is 0.0914.